The number of aromatic nitrogens is 2. The third kappa shape index (κ3) is 3.72. The lowest BCUT2D eigenvalue weighted by Crippen LogP contribution is -2.24. The fourth-order valence-corrected chi connectivity index (χ4v) is 1.76. The molecule has 19 heavy (non-hydrogen) atoms. The number of carbonyl (C=O) groups is 1. The summed E-state index contributed by atoms with van der Waals surface area (Å²) in [5.74, 6) is -0.103. The molecular weight excluding hydrogens is 266 g/mol. The monoisotopic (exact) mass is 279 g/mol. The summed E-state index contributed by atoms with van der Waals surface area (Å²) >= 11 is 5.78. The zero-order valence-electron chi connectivity index (χ0n) is 10.4. The lowest BCUT2D eigenvalue weighted by Gasteiger charge is -2.04. The lowest BCUT2D eigenvalue weighted by atomic mass is 10.2. The molecule has 6 heteroatoms. The predicted molar refractivity (Wildman–Crippen MR) is 71.9 cm³/mol. The molecule has 5 nitrogen and oxygen atoms in total. The molecule has 0 radical (unpaired) electrons. The summed E-state index contributed by atoms with van der Waals surface area (Å²) in [6.07, 6.45) is 0.141. The van der Waals surface area contributed by atoms with Gasteiger partial charge in [0, 0.05) is 24.7 Å². The Kier molecular flexibility index (Phi) is 4.06. The summed E-state index contributed by atoms with van der Waals surface area (Å²) in [4.78, 5) is 11.7. The number of carbonyl (C=O) groups excluding carboxylic acids is 1. The summed E-state index contributed by atoms with van der Waals surface area (Å²) < 4.78 is 1.32. The smallest absolute Gasteiger partial charge is 0.226 e. The predicted octanol–water partition coefficient (Wildman–Crippen LogP) is 1.64. The Labute approximate surface area is 115 Å². The van der Waals surface area contributed by atoms with Gasteiger partial charge in [-0.05, 0) is 17.7 Å². The van der Waals surface area contributed by atoms with Crippen molar-refractivity contribution in [1.82, 2.24) is 15.1 Å². The summed E-state index contributed by atoms with van der Waals surface area (Å²) in [5, 5.41) is 16.8. The van der Waals surface area contributed by atoms with Gasteiger partial charge < -0.3 is 10.4 Å². The molecule has 2 rings (SSSR count). The van der Waals surface area contributed by atoms with Crippen LogP contribution in [0.4, 0.5) is 0 Å². The molecule has 2 N–H and O–H groups in total. The van der Waals surface area contributed by atoms with Crippen LogP contribution in [0.3, 0.4) is 0 Å². The van der Waals surface area contributed by atoms with Crippen molar-refractivity contribution in [3.8, 4) is 5.88 Å². The van der Waals surface area contributed by atoms with Crippen molar-refractivity contribution >= 4 is 17.5 Å². The first-order valence-electron chi connectivity index (χ1n) is 5.77. The average Bonchev–Trinajstić information content (AvgIpc) is 2.67. The molecule has 0 fully saturated rings. The van der Waals surface area contributed by atoms with Crippen LogP contribution in [0.2, 0.25) is 5.02 Å². The Bertz CT molecular complexity index is 559. The first-order chi connectivity index (χ1) is 9.04. The molecule has 0 saturated heterocycles. The minimum atomic E-state index is -0.145. The standard InChI is InChI=1S/C13H14ClN3O2/c1-17-13(19)7-11(16-17)6-12(18)15-8-9-2-4-10(14)5-3-9/h2-5,7,19H,6,8H2,1H3,(H,15,18). The number of amides is 1. The Hall–Kier alpha value is -2.01. The third-order valence-corrected chi connectivity index (χ3v) is 2.90. The Morgan fingerprint density at radius 1 is 1.42 bits per heavy atom. The number of nitrogens with one attached hydrogen (secondary N) is 1. The van der Waals surface area contributed by atoms with E-state index >= 15 is 0 Å². The van der Waals surface area contributed by atoms with E-state index in [0.717, 1.165) is 5.56 Å². The van der Waals surface area contributed by atoms with Gasteiger partial charge >= 0.3 is 0 Å². The number of rotatable bonds is 4. The van der Waals surface area contributed by atoms with Crippen LogP contribution in [0, 0.1) is 0 Å². The largest absolute Gasteiger partial charge is 0.493 e. The van der Waals surface area contributed by atoms with Crippen molar-refractivity contribution in [2.24, 2.45) is 7.05 Å². The van der Waals surface area contributed by atoms with Crippen molar-refractivity contribution < 1.29 is 9.90 Å². The van der Waals surface area contributed by atoms with Gasteiger partial charge in [-0.25, -0.2) is 4.68 Å². The second-order valence-corrected chi connectivity index (χ2v) is 4.63. The zero-order chi connectivity index (χ0) is 13.8. The molecule has 1 aromatic carbocycles. The molecule has 1 aromatic heterocycles. The highest BCUT2D eigenvalue weighted by Crippen LogP contribution is 2.10. The highest BCUT2D eigenvalue weighted by atomic mass is 35.5. The van der Waals surface area contributed by atoms with Crippen LogP contribution in [0.1, 0.15) is 11.3 Å². The Morgan fingerprint density at radius 2 is 2.11 bits per heavy atom. The van der Waals surface area contributed by atoms with Gasteiger partial charge in [-0.1, -0.05) is 23.7 Å². The van der Waals surface area contributed by atoms with Crippen molar-refractivity contribution in [2.45, 2.75) is 13.0 Å². The van der Waals surface area contributed by atoms with Crippen LogP contribution in [-0.4, -0.2) is 20.8 Å². The molecule has 1 heterocycles. The number of halogens is 1. The zero-order valence-corrected chi connectivity index (χ0v) is 11.2. The molecule has 0 aliphatic rings. The summed E-state index contributed by atoms with van der Waals surface area (Å²) in [5.41, 5.74) is 1.51. The van der Waals surface area contributed by atoms with Crippen LogP contribution < -0.4 is 5.32 Å². The summed E-state index contributed by atoms with van der Waals surface area (Å²) in [6.45, 7) is 0.439. The average molecular weight is 280 g/mol. The first kappa shape index (κ1) is 13.4. The molecular formula is C13H14ClN3O2. The molecule has 0 spiro atoms. The highest BCUT2D eigenvalue weighted by molar-refractivity contribution is 6.30. The van der Waals surface area contributed by atoms with Crippen LogP contribution in [-0.2, 0) is 24.8 Å². The summed E-state index contributed by atoms with van der Waals surface area (Å²) in [6, 6.07) is 8.74. The van der Waals surface area contributed by atoms with E-state index in [1.165, 1.54) is 10.7 Å². The van der Waals surface area contributed by atoms with Crippen molar-refractivity contribution in [1.29, 1.82) is 0 Å². The highest BCUT2D eigenvalue weighted by Gasteiger charge is 2.08. The SMILES string of the molecule is Cn1nc(CC(=O)NCc2ccc(Cl)cc2)cc1O. The maximum Gasteiger partial charge on any atom is 0.226 e. The number of benzene rings is 1. The van der Waals surface area contributed by atoms with Crippen molar-refractivity contribution in [3.05, 3.63) is 46.6 Å². The van der Waals surface area contributed by atoms with E-state index < -0.39 is 0 Å². The number of aromatic hydroxyl groups is 1. The van der Waals surface area contributed by atoms with Gasteiger partial charge in [-0.2, -0.15) is 5.10 Å². The topological polar surface area (TPSA) is 67.2 Å². The van der Waals surface area contributed by atoms with E-state index in [1.807, 2.05) is 12.1 Å². The second-order valence-electron chi connectivity index (χ2n) is 4.20. The second kappa shape index (κ2) is 5.75. The van der Waals surface area contributed by atoms with Gasteiger partial charge in [0.15, 0.2) is 0 Å². The summed E-state index contributed by atoms with van der Waals surface area (Å²) in [7, 11) is 1.62. The van der Waals surface area contributed by atoms with E-state index in [0.29, 0.717) is 17.3 Å². The number of aryl methyl sites for hydroxylation is 1. The molecule has 100 valence electrons. The van der Waals surface area contributed by atoms with Crippen LogP contribution in [0.15, 0.2) is 30.3 Å². The fraction of sp³-hybridized carbons (Fsp3) is 0.231. The number of nitrogens with zero attached hydrogens (tertiary/aromatic N) is 2. The number of hydrogen-bond donors (Lipinski definition) is 2. The molecule has 0 saturated carbocycles. The van der Waals surface area contributed by atoms with Gasteiger partial charge in [0.25, 0.3) is 0 Å². The van der Waals surface area contributed by atoms with Gasteiger partial charge in [0.1, 0.15) is 0 Å². The van der Waals surface area contributed by atoms with Crippen molar-refractivity contribution in [2.75, 3.05) is 0 Å². The lowest BCUT2D eigenvalue weighted by molar-refractivity contribution is -0.120. The van der Waals surface area contributed by atoms with Crippen molar-refractivity contribution in [3.63, 3.8) is 0 Å². The van der Waals surface area contributed by atoms with E-state index in [1.54, 1.807) is 19.2 Å². The van der Waals surface area contributed by atoms with Crippen LogP contribution in [0.5, 0.6) is 5.88 Å². The molecule has 0 bridgehead atoms. The van der Waals surface area contributed by atoms with Crippen LogP contribution >= 0.6 is 11.6 Å². The fourth-order valence-electron chi connectivity index (χ4n) is 1.63. The van der Waals surface area contributed by atoms with E-state index in [2.05, 4.69) is 10.4 Å². The maximum atomic E-state index is 11.7. The van der Waals surface area contributed by atoms with E-state index in [4.69, 9.17) is 11.6 Å². The Balaban J connectivity index is 1.86. The molecule has 0 aliphatic carbocycles. The Morgan fingerprint density at radius 3 is 2.68 bits per heavy atom. The van der Waals surface area contributed by atoms with Crippen LogP contribution in [0.25, 0.3) is 0 Å². The maximum absolute atomic E-state index is 11.7. The molecule has 0 atom stereocenters. The molecule has 0 unspecified atom stereocenters. The van der Waals surface area contributed by atoms with E-state index in [9.17, 15) is 9.90 Å². The minimum Gasteiger partial charge on any atom is -0.493 e. The normalized spacial score (nSPS) is 10.4. The minimum absolute atomic E-state index is 0.0421. The van der Waals surface area contributed by atoms with Gasteiger partial charge in [-0.3, -0.25) is 4.79 Å². The molecule has 0 aliphatic heterocycles. The number of hydrogen-bond acceptors (Lipinski definition) is 3. The van der Waals surface area contributed by atoms with Gasteiger partial charge in [0.05, 0.1) is 12.1 Å². The molecule has 1 amide bonds. The first-order valence-corrected chi connectivity index (χ1v) is 6.15. The molecule has 2 aromatic rings. The van der Waals surface area contributed by atoms with Gasteiger partial charge in [-0.15, -0.1) is 0 Å². The quantitative estimate of drug-likeness (QED) is 0.894. The van der Waals surface area contributed by atoms with Gasteiger partial charge in [0.2, 0.25) is 11.8 Å². The van der Waals surface area contributed by atoms with E-state index in [-0.39, 0.29) is 18.2 Å². The third-order valence-electron chi connectivity index (χ3n) is 2.65.